The number of Topliss-reactive ketones (excluding diaryl/α,β-unsaturated/α-hetero) is 1. The molecule has 0 saturated heterocycles. The fourth-order valence-electron chi connectivity index (χ4n) is 3.65. The topological polar surface area (TPSA) is 57.6 Å². The minimum absolute atomic E-state index is 0.151. The number of anilines is 1. The Morgan fingerprint density at radius 1 is 1.15 bits per heavy atom. The second-order valence-corrected chi connectivity index (χ2v) is 8.57. The van der Waals surface area contributed by atoms with Crippen LogP contribution < -0.4 is 4.90 Å². The molecular weight excluding hydrogens is 362 g/mol. The second-order valence-electron chi connectivity index (χ2n) is 8.14. The van der Waals surface area contributed by atoms with Crippen molar-refractivity contribution in [3.8, 4) is 0 Å². The molecule has 2 aromatic rings. The molecular formula is C22H24ClNO3. The Bertz CT molecular complexity index is 885. The van der Waals surface area contributed by atoms with Crippen LogP contribution >= 0.6 is 11.6 Å². The summed E-state index contributed by atoms with van der Waals surface area (Å²) in [7, 11) is 0. The number of nitrogens with zero attached hydrogens (tertiary/aromatic N) is 1. The van der Waals surface area contributed by atoms with E-state index in [0.29, 0.717) is 22.8 Å². The molecule has 0 bridgehead atoms. The highest BCUT2D eigenvalue weighted by Crippen LogP contribution is 2.46. The highest BCUT2D eigenvalue weighted by Gasteiger charge is 2.56. The van der Waals surface area contributed by atoms with Crippen molar-refractivity contribution < 1.29 is 14.7 Å². The first-order valence-corrected chi connectivity index (χ1v) is 9.37. The Hall–Kier alpha value is -2.17. The van der Waals surface area contributed by atoms with Gasteiger partial charge in [-0.3, -0.25) is 9.59 Å². The Morgan fingerprint density at radius 2 is 1.74 bits per heavy atom. The van der Waals surface area contributed by atoms with Gasteiger partial charge in [-0.1, -0.05) is 69.6 Å². The third-order valence-electron chi connectivity index (χ3n) is 5.19. The van der Waals surface area contributed by atoms with Crippen LogP contribution in [0.1, 0.15) is 38.8 Å². The molecule has 1 aliphatic rings. The summed E-state index contributed by atoms with van der Waals surface area (Å²) in [6.07, 6.45) is 0. The molecule has 142 valence electrons. The molecule has 1 amide bonds. The zero-order valence-corrected chi connectivity index (χ0v) is 16.7. The molecule has 0 saturated carbocycles. The summed E-state index contributed by atoms with van der Waals surface area (Å²) in [5.74, 6) is -1.48. The van der Waals surface area contributed by atoms with Gasteiger partial charge in [0, 0.05) is 16.0 Å². The number of carbonyl (C=O) groups excluding carboxylic acids is 2. The lowest BCUT2D eigenvalue weighted by Crippen LogP contribution is -2.49. The molecule has 2 aromatic carbocycles. The van der Waals surface area contributed by atoms with E-state index in [1.54, 1.807) is 62.9 Å². The van der Waals surface area contributed by atoms with Gasteiger partial charge in [-0.05, 0) is 23.8 Å². The summed E-state index contributed by atoms with van der Waals surface area (Å²) in [6.45, 7) is 7.32. The van der Waals surface area contributed by atoms with Crippen molar-refractivity contribution in [1.29, 1.82) is 0 Å². The van der Waals surface area contributed by atoms with Crippen LogP contribution in [0.4, 0.5) is 5.69 Å². The van der Waals surface area contributed by atoms with Gasteiger partial charge >= 0.3 is 0 Å². The van der Waals surface area contributed by atoms with E-state index in [1.165, 1.54) is 0 Å². The smallest absolute Gasteiger partial charge is 0.264 e. The summed E-state index contributed by atoms with van der Waals surface area (Å²) in [6, 6.07) is 14.3. The van der Waals surface area contributed by atoms with Crippen LogP contribution in [0.25, 0.3) is 0 Å². The van der Waals surface area contributed by atoms with E-state index in [0.717, 1.165) is 5.56 Å². The van der Waals surface area contributed by atoms with Crippen molar-refractivity contribution in [2.45, 2.75) is 39.8 Å². The SMILES string of the molecule is CC(C(=O)C(C)(C)C)C1(O)C(=O)N(Cc2ccc(Cl)cc2)c2ccccc21. The number of ketones is 1. The quantitative estimate of drug-likeness (QED) is 0.852. The number of carbonyl (C=O) groups is 2. The Labute approximate surface area is 164 Å². The molecule has 0 aromatic heterocycles. The maximum Gasteiger partial charge on any atom is 0.264 e. The first kappa shape index (κ1) is 19.6. The van der Waals surface area contributed by atoms with E-state index in [9.17, 15) is 14.7 Å². The molecule has 2 unspecified atom stereocenters. The number of halogens is 1. The molecule has 0 radical (unpaired) electrons. The minimum Gasteiger partial charge on any atom is -0.375 e. The largest absolute Gasteiger partial charge is 0.375 e. The molecule has 5 heteroatoms. The molecule has 27 heavy (non-hydrogen) atoms. The van der Waals surface area contributed by atoms with Gasteiger partial charge in [0.1, 0.15) is 5.78 Å². The number of para-hydroxylation sites is 1. The van der Waals surface area contributed by atoms with Gasteiger partial charge in [-0.25, -0.2) is 0 Å². The van der Waals surface area contributed by atoms with Crippen molar-refractivity contribution in [1.82, 2.24) is 0 Å². The minimum atomic E-state index is -1.87. The van der Waals surface area contributed by atoms with E-state index in [2.05, 4.69) is 0 Å². The standard InChI is InChI=1S/C22H24ClNO3/c1-14(19(25)21(2,3)4)22(27)17-7-5-6-8-18(17)24(20(22)26)13-15-9-11-16(23)12-10-15/h5-12,14,27H,13H2,1-4H3. The summed E-state index contributed by atoms with van der Waals surface area (Å²) < 4.78 is 0. The van der Waals surface area contributed by atoms with E-state index in [-0.39, 0.29) is 5.78 Å². The van der Waals surface area contributed by atoms with Gasteiger partial charge in [0.2, 0.25) is 0 Å². The molecule has 1 N–H and O–H groups in total. The van der Waals surface area contributed by atoms with Gasteiger partial charge in [-0.15, -0.1) is 0 Å². The lowest BCUT2D eigenvalue weighted by molar-refractivity contribution is -0.152. The lowest BCUT2D eigenvalue weighted by Gasteiger charge is -2.32. The number of hydrogen-bond donors (Lipinski definition) is 1. The zero-order chi connectivity index (χ0) is 20.0. The summed E-state index contributed by atoms with van der Waals surface area (Å²) in [5.41, 5.74) is -0.523. The maximum atomic E-state index is 13.3. The Kier molecular flexibility index (Phi) is 4.91. The van der Waals surface area contributed by atoms with Crippen LogP contribution in [0.15, 0.2) is 48.5 Å². The van der Waals surface area contributed by atoms with E-state index < -0.39 is 22.8 Å². The molecule has 0 aliphatic carbocycles. The van der Waals surface area contributed by atoms with Gasteiger partial charge < -0.3 is 10.0 Å². The third kappa shape index (κ3) is 3.28. The number of hydrogen-bond acceptors (Lipinski definition) is 3. The second kappa shape index (κ2) is 6.77. The van der Waals surface area contributed by atoms with Gasteiger partial charge in [0.25, 0.3) is 5.91 Å². The van der Waals surface area contributed by atoms with Crippen LogP contribution in [-0.4, -0.2) is 16.8 Å². The molecule has 0 fully saturated rings. The van der Waals surface area contributed by atoms with Crippen molar-refractivity contribution in [2.75, 3.05) is 4.90 Å². The van der Waals surface area contributed by atoms with Gasteiger partial charge in [-0.2, -0.15) is 0 Å². The molecule has 0 spiro atoms. The van der Waals surface area contributed by atoms with Gasteiger partial charge in [0.15, 0.2) is 5.60 Å². The van der Waals surface area contributed by atoms with E-state index in [1.807, 2.05) is 18.2 Å². The van der Waals surface area contributed by atoms with Crippen molar-refractivity contribution >= 4 is 29.0 Å². The van der Waals surface area contributed by atoms with Crippen molar-refractivity contribution in [3.05, 3.63) is 64.7 Å². The number of aliphatic hydroxyl groups is 1. The van der Waals surface area contributed by atoms with Crippen molar-refractivity contribution in [3.63, 3.8) is 0 Å². The van der Waals surface area contributed by atoms with Crippen molar-refractivity contribution in [2.24, 2.45) is 11.3 Å². The Balaban J connectivity index is 2.04. The molecule has 2 atom stereocenters. The van der Waals surface area contributed by atoms with Crippen LogP contribution in [0, 0.1) is 11.3 Å². The summed E-state index contributed by atoms with van der Waals surface area (Å²) >= 11 is 5.94. The van der Waals surface area contributed by atoms with Crippen LogP contribution in [0.5, 0.6) is 0 Å². The van der Waals surface area contributed by atoms with Crippen LogP contribution in [0.2, 0.25) is 5.02 Å². The van der Waals surface area contributed by atoms with Crippen LogP contribution in [0.3, 0.4) is 0 Å². The lowest BCUT2D eigenvalue weighted by atomic mass is 9.73. The highest BCUT2D eigenvalue weighted by molar-refractivity contribution is 6.30. The number of benzene rings is 2. The average Bonchev–Trinajstić information content (AvgIpc) is 2.84. The van der Waals surface area contributed by atoms with E-state index >= 15 is 0 Å². The van der Waals surface area contributed by atoms with E-state index in [4.69, 9.17) is 11.6 Å². The Morgan fingerprint density at radius 3 is 2.33 bits per heavy atom. The fourth-order valence-corrected chi connectivity index (χ4v) is 3.77. The first-order chi connectivity index (χ1) is 12.6. The average molecular weight is 386 g/mol. The first-order valence-electron chi connectivity index (χ1n) is 8.99. The highest BCUT2D eigenvalue weighted by atomic mass is 35.5. The molecule has 4 nitrogen and oxygen atoms in total. The predicted molar refractivity (Wildman–Crippen MR) is 107 cm³/mol. The number of fused-ring (bicyclic) bond motifs is 1. The number of amides is 1. The zero-order valence-electron chi connectivity index (χ0n) is 16.0. The predicted octanol–water partition coefficient (Wildman–Crippen LogP) is 4.33. The molecule has 1 heterocycles. The maximum absolute atomic E-state index is 13.3. The van der Waals surface area contributed by atoms with Gasteiger partial charge in [0.05, 0.1) is 18.2 Å². The number of rotatable bonds is 4. The molecule has 3 rings (SSSR count). The van der Waals surface area contributed by atoms with Crippen LogP contribution in [-0.2, 0) is 21.7 Å². The normalized spacial score (nSPS) is 20.5. The monoisotopic (exact) mass is 385 g/mol. The molecule has 1 aliphatic heterocycles. The summed E-state index contributed by atoms with van der Waals surface area (Å²) in [4.78, 5) is 27.7. The third-order valence-corrected chi connectivity index (χ3v) is 5.44. The fraction of sp³-hybridized carbons (Fsp3) is 0.364. The summed E-state index contributed by atoms with van der Waals surface area (Å²) in [5, 5.41) is 12.1.